The first kappa shape index (κ1) is 15.4. The molecule has 0 aliphatic rings. The van der Waals surface area contributed by atoms with Gasteiger partial charge >= 0.3 is 6.03 Å². The molecule has 23 heavy (non-hydrogen) atoms. The quantitative estimate of drug-likeness (QED) is 0.666. The van der Waals surface area contributed by atoms with Gasteiger partial charge in [-0.3, -0.25) is 0 Å². The molecule has 3 rings (SSSR count). The van der Waals surface area contributed by atoms with Crippen molar-refractivity contribution in [3.8, 4) is 0 Å². The Labute approximate surface area is 140 Å². The van der Waals surface area contributed by atoms with E-state index >= 15 is 0 Å². The monoisotopic (exact) mass is 327 g/mol. The highest BCUT2D eigenvalue weighted by Gasteiger charge is 2.02. The van der Waals surface area contributed by atoms with E-state index in [-0.39, 0.29) is 6.03 Å². The Morgan fingerprint density at radius 3 is 2.65 bits per heavy atom. The lowest BCUT2D eigenvalue weighted by Gasteiger charge is -2.09. The minimum Gasteiger partial charge on any atom is -0.347 e. The van der Waals surface area contributed by atoms with Crippen molar-refractivity contribution in [3.63, 3.8) is 0 Å². The molecule has 0 aliphatic heterocycles. The number of carbonyl (C=O) groups excluding carboxylic acids is 1. The van der Waals surface area contributed by atoms with Crippen molar-refractivity contribution in [1.82, 2.24) is 9.88 Å². The smallest absolute Gasteiger partial charge is 0.319 e. The van der Waals surface area contributed by atoms with Gasteiger partial charge in [0.05, 0.1) is 0 Å². The van der Waals surface area contributed by atoms with Gasteiger partial charge in [-0.25, -0.2) is 4.79 Å². The van der Waals surface area contributed by atoms with Gasteiger partial charge in [-0.1, -0.05) is 29.8 Å². The molecule has 0 aliphatic carbocycles. The maximum Gasteiger partial charge on any atom is 0.319 e. The second kappa shape index (κ2) is 7.20. The first-order chi connectivity index (χ1) is 11.2. The van der Waals surface area contributed by atoms with Gasteiger partial charge < -0.3 is 15.2 Å². The average molecular weight is 328 g/mol. The Hall–Kier alpha value is -2.46. The zero-order chi connectivity index (χ0) is 16.1. The fraction of sp³-hybridized carbons (Fsp3) is 0.167. The minimum absolute atomic E-state index is 0.204. The molecule has 0 fully saturated rings. The van der Waals surface area contributed by atoms with Crippen LogP contribution in [0.4, 0.5) is 10.5 Å². The average Bonchev–Trinajstić information content (AvgIpc) is 2.97. The van der Waals surface area contributed by atoms with Crippen molar-refractivity contribution in [2.45, 2.75) is 13.0 Å². The number of nitrogens with zero attached hydrogens (tertiary/aromatic N) is 1. The molecule has 2 aromatic carbocycles. The molecule has 0 unspecified atom stereocenters. The number of amides is 2. The van der Waals surface area contributed by atoms with Gasteiger partial charge in [0, 0.05) is 35.5 Å². The highest BCUT2D eigenvalue weighted by molar-refractivity contribution is 6.30. The van der Waals surface area contributed by atoms with Crippen molar-refractivity contribution < 1.29 is 4.79 Å². The normalized spacial score (nSPS) is 10.7. The number of hydrogen-bond donors (Lipinski definition) is 2. The van der Waals surface area contributed by atoms with Crippen LogP contribution in [0.15, 0.2) is 60.8 Å². The number of aryl methyl sites for hydroxylation is 1. The van der Waals surface area contributed by atoms with Gasteiger partial charge in [0.15, 0.2) is 0 Å². The van der Waals surface area contributed by atoms with Crippen molar-refractivity contribution in [2.75, 3.05) is 11.9 Å². The summed E-state index contributed by atoms with van der Waals surface area (Å²) in [5.74, 6) is 0. The van der Waals surface area contributed by atoms with E-state index in [9.17, 15) is 4.79 Å². The van der Waals surface area contributed by atoms with Gasteiger partial charge in [-0.2, -0.15) is 0 Å². The summed E-state index contributed by atoms with van der Waals surface area (Å²) >= 11 is 5.81. The van der Waals surface area contributed by atoms with Crippen LogP contribution in [0.2, 0.25) is 5.02 Å². The molecule has 0 bridgehead atoms. The molecule has 118 valence electrons. The lowest BCUT2D eigenvalue weighted by molar-refractivity contribution is 0.252. The standard InChI is InChI=1S/C18H18ClN3O/c19-15-6-8-16(9-7-15)21-18(23)20-11-3-12-22-13-10-14-4-1-2-5-17(14)22/h1-2,4-10,13H,3,11-12H2,(H2,20,21,23). The summed E-state index contributed by atoms with van der Waals surface area (Å²) in [6.45, 7) is 1.49. The summed E-state index contributed by atoms with van der Waals surface area (Å²) in [7, 11) is 0. The van der Waals surface area contributed by atoms with Crippen LogP contribution in [0, 0.1) is 0 Å². The van der Waals surface area contributed by atoms with Crippen molar-refractivity contribution in [1.29, 1.82) is 0 Å². The number of para-hydroxylation sites is 1. The van der Waals surface area contributed by atoms with Crippen LogP contribution >= 0.6 is 11.6 Å². The van der Waals surface area contributed by atoms with E-state index in [0.717, 1.165) is 18.7 Å². The SMILES string of the molecule is O=C(NCCCn1ccc2ccccc21)Nc1ccc(Cl)cc1. The number of nitrogens with one attached hydrogen (secondary N) is 2. The third-order valence-corrected chi connectivity index (χ3v) is 3.90. The molecule has 1 aromatic heterocycles. The second-order valence-electron chi connectivity index (χ2n) is 5.31. The zero-order valence-electron chi connectivity index (χ0n) is 12.6. The van der Waals surface area contributed by atoms with Gasteiger partial charge in [0.25, 0.3) is 0 Å². The van der Waals surface area contributed by atoms with Gasteiger partial charge in [0.2, 0.25) is 0 Å². The van der Waals surface area contributed by atoms with Gasteiger partial charge in [0.1, 0.15) is 0 Å². The van der Waals surface area contributed by atoms with E-state index in [1.807, 2.05) is 12.1 Å². The number of aromatic nitrogens is 1. The third-order valence-electron chi connectivity index (χ3n) is 3.64. The Morgan fingerprint density at radius 1 is 1.04 bits per heavy atom. The zero-order valence-corrected chi connectivity index (χ0v) is 13.4. The number of halogens is 1. The highest BCUT2D eigenvalue weighted by atomic mass is 35.5. The summed E-state index contributed by atoms with van der Waals surface area (Å²) in [6.07, 6.45) is 2.95. The van der Waals surface area contributed by atoms with Crippen LogP contribution in [0.1, 0.15) is 6.42 Å². The number of anilines is 1. The molecule has 2 amide bonds. The Bertz CT molecular complexity index is 795. The summed E-state index contributed by atoms with van der Waals surface area (Å²) in [5, 5.41) is 7.52. The molecule has 0 spiro atoms. The summed E-state index contributed by atoms with van der Waals surface area (Å²) in [6, 6.07) is 17.2. The molecule has 0 atom stereocenters. The summed E-state index contributed by atoms with van der Waals surface area (Å²) in [4.78, 5) is 11.8. The van der Waals surface area contributed by atoms with Crippen LogP contribution in [-0.4, -0.2) is 17.1 Å². The molecule has 0 saturated carbocycles. The summed E-state index contributed by atoms with van der Waals surface area (Å²) < 4.78 is 2.20. The van der Waals surface area contributed by atoms with Crippen LogP contribution in [0.5, 0.6) is 0 Å². The number of hydrogen-bond acceptors (Lipinski definition) is 1. The maximum atomic E-state index is 11.8. The number of fused-ring (bicyclic) bond motifs is 1. The molecular formula is C18H18ClN3O. The first-order valence-electron chi connectivity index (χ1n) is 7.57. The van der Waals surface area contributed by atoms with Crippen LogP contribution in [0.3, 0.4) is 0 Å². The molecule has 1 heterocycles. The predicted octanol–water partition coefficient (Wildman–Crippen LogP) is 4.51. The van der Waals surface area contributed by atoms with Gasteiger partial charge in [-0.05, 0) is 48.2 Å². The van der Waals surface area contributed by atoms with Crippen LogP contribution < -0.4 is 10.6 Å². The van der Waals surface area contributed by atoms with Crippen molar-refractivity contribution in [2.24, 2.45) is 0 Å². The van der Waals surface area contributed by atoms with E-state index in [0.29, 0.717) is 11.6 Å². The number of urea groups is 1. The Balaban J connectivity index is 1.44. The maximum absolute atomic E-state index is 11.8. The van der Waals surface area contributed by atoms with E-state index in [1.54, 1.807) is 24.3 Å². The predicted molar refractivity (Wildman–Crippen MR) is 95.0 cm³/mol. The minimum atomic E-state index is -0.204. The van der Waals surface area contributed by atoms with Crippen LogP contribution in [0.25, 0.3) is 10.9 Å². The Morgan fingerprint density at radius 2 is 1.83 bits per heavy atom. The number of benzene rings is 2. The van der Waals surface area contributed by atoms with Crippen LogP contribution in [-0.2, 0) is 6.54 Å². The molecule has 0 radical (unpaired) electrons. The first-order valence-corrected chi connectivity index (χ1v) is 7.94. The number of carbonyl (C=O) groups is 1. The molecule has 4 nitrogen and oxygen atoms in total. The van der Waals surface area contributed by atoms with Crippen molar-refractivity contribution in [3.05, 3.63) is 65.8 Å². The van der Waals surface area contributed by atoms with E-state index in [2.05, 4.69) is 39.6 Å². The van der Waals surface area contributed by atoms with Crippen molar-refractivity contribution >= 4 is 34.2 Å². The highest BCUT2D eigenvalue weighted by Crippen LogP contribution is 2.15. The fourth-order valence-electron chi connectivity index (χ4n) is 2.50. The molecule has 2 N–H and O–H groups in total. The fourth-order valence-corrected chi connectivity index (χ4v) is 2.62. The largest absolute Gasteiger partial charge is 0.347 e. The third kappa shape index (κ3) is 4.05. The Kier molecular flexibility index (Phi) is 4.83. The van der Waals surface area contributed by atoms with E-state index < -0.39 is 0 Å². The molecule has 3 aromatic rings. The molecular weight excluding hydrogens is 310 g/mol. The number of rotatable bonds is 5. The lowest BCUT2D eigenvalue weighted by Crippen LogP contribution is -2.30. The topological polar surface area (TPSA) is 46.1 Å². The van der Waals surface area contributed by atoms with Gasteiger partial charge in [-0.15, -0.1) is 0 Å². The summed E-state index contributed by atoms with van der Waals surface area (Å²) in [5.41, 5.74) is 1.95. The molecule has 0 saturated heterocycles. The van der Waals surface area contributed by atoms with E-state index in [1.165, 1.54) is 10.9 Å². The second-order valence-corrected chi connectivity index (χ2v) is 5.75. The van der Waals surface area contributed by atoms with E-state index in [4.69, 9.17) is 11.6 Å². The lowest BCUT2D eigenvalue weighted by atomic mass is 10.2. The molecule has 5 heteroatoms.